The fourth-order valence-corrected chi connectivity index (χ4v) is 2.31. The second kappa shape index (κ2) is 6.82. The second-order valence-corrected chi connectivity index (χ2v) is 5.46. The molecule has 1 atom stereocenters. The van der Waals surface area contributed by atoms with E-state index in [9.17, 15) is 18.8 Å². The smallest absolute Gasteiger partial charge is 0.342 e. The maximum atomic E-state index is 14.2. The summed E-state index contributed by atoms with van der Waals surface area (Å²) < 4.78 is 18.7. The number of rotatable bonds is 4. The number of halogens is 2. The topological polar surface area (TPSA) is 79.0 Å². The second-order valence-electron chi connectivity index (χ2n) is 4.94. The lowest BCUT2D eigenvalue weighted by Gasteiger charge is -2.33. The van der Waals surface area contributed by atoms with Crippen LogP contribution in [0, 0.1) is 5.82 Å². The number of ether oxygens (including phenoxy) is 1. The van der Waals surface area contributed by atoms with E-state index in [2.05, 4.69) is 10.2 Å². The molecular weight excluding hydrogens is 329 g/mol. The minimum atomic E-state index is -0.921. The van der Waals surface area contributed by atoms with Gasteiger partial charge in [-0.15, -0.1) is 11.6 Å². The Morgan fingerprint density at radius 1 is 1.48 bits per heavy atom. The molecule has 0 radical (unpaired) electrons. The zero-order chi connectivity index (χ0) is 17.1. The lowest BCUT2D eigenvalue weighted by atomic mass is 10.1. The van der Waals surface area contributed by atoms with Crippen LogP contribution in [-0.4, -0.2) is 48.9 Å². The van der Waals surface area contributed by atoms with Crippen molar-refractivity contribution in [1.29, 1.82) is 0 Å². The molecule has 1 aromatic rings. The van der Waals surface area contributed by atoms with Gasteiger partial charge < -0.3 is 4.74 Å². The number of hydrogen-bond acceptors (Lipinski definition) is 5. The minimum absolute atomic E-state index is 0.0488. The van der Waals surface area contributed by atoms with Gasteiger partial charge in [0.05, 0.1) is 12.8 Å². The number of carbonyl (C=O) groups is 3. The van der Waals surface area contributed by atoms with Gasteiger partial charge in [0.15, 0.2) is 0 Å². The molecule has 1 fully saturated rings. The van der Waals surface area contributed by atoms with Crippen molar-refractivity contribution in [2.45, 2.75) is 11.8 Å². The van der Waals surface area contributed by atoms with Gasteiger partial charge in [0.25, 0.3) is 5.91 Å². The molecule has 23 heavy (non-hydrogen) atoms. The number of likely N-dealkylation sites (N-methyl/N-ethyl adjacent to an activating group) is 1. The first-order valence-electron chi connectivity index (χ1n) is 6.68. The number of carbonyl (C=O) groups excluding carboxylic acids is 3. The van der Waals surface area contributed by atoms with Gasteiger partial charge in [-0.2, -0.15) is 0 Å². The largest absolute Gasteiger partial charge is 0.468 e. The Hall–Kier alpha value is -2.35. The van der Waals surface area contributed by atoms with Crippen LogP contribution >= 0.6 is 11.6 Å². The molecule has 1 saturated heterocycles. The minimum Gasteiger partial charge on any atom is -0.468 e. The molecule has 0 aliphatic carbocycles. The van der Waals surface area contributed by atoms with Crippen LogP contribution < -0.4 is 10.4 Å². The summed E-state index contributed by atoms with van der Waals surface area (Å²) in [5, 5.41) is 0.206. The quantitative estimate of drug-likeness (QED) is 0.653. The summed E-state index contributed by atoms with van der Waals surface area (Å²) in [7, 11) is 2.55. The number of urea groups is 1. The molecular formula is C14H15ClFN3O4. The lowest BCUT2D eigenvalue weighted by Crippen LogP contribution is -2.59. The van der Waals surface area contributed by atoms with Crippen molar-refractivity contribution in [3.8, 4) is 0 Å². The van der Waals surface area contributed by atoms with Crippen LogP contribution in [0.2, 0.25) is 0 Å². The number of amides is 3. The molecule has 1 N–H and O–H groups in total. The lowest BCUT2D eigenvalue weighted by molar-refractivity contribution is -0.140. The third kappa shape index (κ3) is 3.70. The first-order valence-corrected chi connectivity index (χ1v) is 7.12. The molecule has 124 valence electrons. The summed E-state index contributed by atoms with van der Waals surface area (Å²) in [5.41, 5.74) is 2.94. The Bertz CT molecular complexity index is 637. The zero-order valence-corrected chi connectivity index (χ0v) is 13.3. The van der Waals surface area contributed by atoms with E-state index >= 15 is 0 Å². The number of esters is 1. The van der Waals surface area contributed by atoms with E-state index in [1.165, 1.54) is 26.3 Å². The normalized spacial score (nSPS) is 16.2. The third-order valence-electron chi connectivity index (χ3n) is 3.38. The van der Waals surface area contributed by atoms with Gasteiger partial charge in [0, 0.05) is 7.05 Å². The molecule has 2 rings (SSSR count). The number of alkyl halides is 1. The SMILES string of the molecule is COC(=O)C(Cl)Cc1ccc(N2CC(=O)N(C)C(=O)N2)c(F)c1. The molecule has 1 aliphatic rings. The molecule has 1 heterocycles. The van der Waals surface area contributed by atoms with Crippen LogP contribution in [0.1, 0.15) is 5.56 Å². The number of hydrazine groups is 1. The third-order valence-corrected chi connectivity index (χ3v) is 3.71. The maximum Gasteiger partial charge on any atom is 0.342 e. The summed E-state index contributed by atoms with van der Waals surface area (Å²) in [6.45, 7) is -0.182. The van der Waals surface area contributed by atoms with Gasteiger partial charge in [0.1, 0.15) is 17.7 Å². The van der Waals surface area contributed by atoms with E-state index < -0.39 is 29.1 Å². The van der Waals surface area contributed by atoms with Gasteiger partial charge in [-0.1, -0.05) is 6.07 Å². The summed E-state index contributed by atoms with van der Waals surface area (Å²) >= 11 is 5.85. The zero-order valence-electron chi connectivity index (χ0n) is 12.5. The molecule has 3 amide bonds. The van der Waals surface area contributed by atoms with Crippen molar-refractivity contribution in [3.05, 3.63) is 29.6 Å². The Kier molecular flexibility index (Phi) is 5.05. The van der Waals surface area contributed by atoms with Crippen LogP contribution in [0.5, 0.6) is 0 Å². The van der Waals surface area contributed by atoms with Gasteiger partial charge in [-0.05, 0) is 24.1 Å². The first kappa shape index (κ1) is 17.0. The highest BCUT2D eigenvalue weighted by molar-refractivity contribution is 6.30. The van der Waals surface area contributed by atoms with Crippen LogP contribution in [0.3, 0.4) is 0 Å². The van der Waals surface area contributed by atoms with Crippen molar-refractivity contribution >= 4 is 35.2 Å². The Balaban J connectivity index is 2.15. The van der Waals surface area contributed by atoms with Crippen molar-refractivity contribution in [2.75, 3.05) is 25.7 Å². The number of nitrogens with one attached hydrogen (secondary N) is 1. The van der Waals surface area contributed by atoms with Crippen molar-refractivity contribution in [1.82, 2.24) is 10.3 Å². The van der Waals surface area contributed by atoms with Crippen LogP contribution in [-0.2, 0) is 20.7 Å². The summed E-state index contributed by atoms with van der Waals surface area (Å²) in [4.78, 5) is 35.4. The summed E-state index contributed by atoms with van der Waals surface area (Å²) in [5.74, 6) is -1.70. The molecule has 0 aromatic heterocycles. The molecule has 1 unspecified atom stereocenters. The van der Waals surface area contributed by atoms with Gasteiger partial charge in [-0.3, -0.25) is 19.5 Å². The number of benzene rings is 1. The summed E-state index contributed by atoms with van der Waals surface area (Å²) in [6, 6.07) is 3.52. The van der Waals surface area contributed by atoms with Crippen molar-refractivity contribution in [3.63, 3.8) is 0 Å². The fraction of sp³-hybridized carbons (Fsp3) is 0.357. The fourth-order valence-electron chi connectivity index (χ4n) is 2.04. The number of hydrogen-bond donors (Lipinski definition) is 1. The van der Waals surface area contributed by atoms with E-state index in [0.717, 1.165) is 9.91 Å². The predicted octanol–water partition coefficient (Wildman–Crippen LogP) is 1.05. The number of anilines is 1. The highest BCUT2D eigenvalue weighted by atomic mass is 35.5. The number of nitrogens with zero attached hydrogens (tertiary/aromatic N) is 2. The van der Waals surface area contributed by atoms with Crippen molar-refractivity contribution < 1.29 is 23.5 Å². The van der Waals surface area contributed by atoms with Gasteiger partial charge in [0.2, 0.25) is 0 Å². The van der Waals surface area contributed by atoms with E-state index in [0.29, 0.717) is 5.56 Å². The van der Waals surface area contributed by atoms with Crippen LogP contribution in [0.15, 0.2) is 18.2 Å². The van der Waals surface area contributed by atoms with Crippen LogP contribution in [0.25, 0.3) is 0 Å². The van der Waals surface area contributed by atoms with Crippen molar-refractivity contribution in [2.24, 2.45) is 0 Å². The monoisotopic (exact) mass is 343 g/mol. The molecule has 1 aromatic carbocycles. The highest BCUT2D eigenvalue weighted by Gasteiger charge is 2.29. The Labute approximate surface area is 136 Å². The standard InChI is InChI=1S/C14H15ClFN3O4/c1-18-12(20)7-19(17-14(18)22)11-4-3-8(6-10(11)16)5-9(15)13(21)23-2/h3-4,6,9H,5,7H2,1-2H3,(H,17,22). The van der Waals surface area contributed by atoms with E-state index in [-0.39, 0.29) is 18.7 Å². The molecule has 1 aliphatic heterocycles. The molecule has 7 nitrogen and oxygen atoms in total. The predicted molar refractivity (Wildman–Crippen MR) is 80.4 cm³/mol. The van der Waals surface area contributed by atoms with E-state index in [1.54, 1.807) is 6.07 Å². The molecule has 0 saturated carbocycles. The first-order chi connectivity index (χ1) is 10.8. The molecule has 9 heteroatoms. The van der Waals surface area contributed by atoms with Gasteiger partial charge in [-0.25, -0.2) is 14.6 Å². The molecule has 0 spiro atoms. The van der Waals surface area contributed by atoms with E-state index in [1.807, 2.05) is 0 Å². The number of imide groups is 1. The Morgan fingerprint density at radius 2 is 2.17 bits per heavy atom. The maximum absolute atomic E-state index is 14.2. The Morgan fingerprint density at radius 3 is 2.74 bits per heavy atom. The highest BCUT2D eigenvalue weighted by Crippen LogP contribution is 2.22. The average Bonchev–Trinajstić information content (AvgIpc) is 2.51. The summed E-state index contributed by atoms with van der Waals surface area (Å²) in [6.07, 6.45) is 0.0967. The van der Waals surface area contributed by atoms with E-state index in [4.69, 9.17) is 11.6 Å². The molecule has 0 bridgehead atoms. The van der Waals surface area contributed by atoms with Gasteiger partial charge >= 0.3 is 12.0 Å². The van der Waals surface area contributed by atoms with Crippen LogP contribution in [0.4, 0.5) is 14.9 Å². The number of methoxy groups -OCH3 is 1. The average molecular weight is 344 g/mol.